The second-order valence-electron chi connectivity index (χ2n) is 5.59. The van der Waals surface area contributed by atoms with Crippen LogP contribution in [0, 0.1) is 19.8 Å². The highest BCUT2D eigenvalue weighted by atomic mass is 16.3. The van der Waals surface area contributed by atoms with Gasteiger partial charge in [0.15, 0.2) is 0 Å². The first-order chi connectivity index (χ1) is 8.08. The third-order valence-corrected chi connectivity index (χ3v) is 4.39. The molecule has 0 aliphatic heterocycles. The Bertz CT molecular complexity index is 397. The number of hydrogen-bond acceptors (Lipinski definition) is 1. The van der Waals surface area contributed by atoms with Gasteiger partial charge in [-0.1, -0.05) is 49.9 Å². The van der Waals surface area contributed by atoms with Crippen LogP contribution in [0.4, 0.5) is 0 Å². The first kappa shape index (κ1) is 12.6. The number of benzene rings is 1. The van der Waals surface area contributed by atoms with Gasteiger partial charge >= 0.3 is 0 Å². The van der Waals surface area contributed by atoms with Gasteiger partial charge in [0, 0.05) is 0 Å². The maximum absolute atomic E-state index is 11.1. The first-order valence-electron chi connectivity index (χ1n) is 6.88. The lowest BCUT2D eigenvalue weighted by Crippen LogP contribution is -2.38. The molecule has 0 saturated heterocycles. The normalized spacial score (nSPS) is 29.3. The third kappa shape index (κ3) is 2.26. The topological polar surface area (TPSA) is 20.2 Å². The third-order valence-electron chi connectivity index (χ3n) is 4.39. The fraction of sp³-hybridized carbons (Fsp3) is 0.625. The van der Waals surface area contributed by atoms with Gasteiger partial charge in [0.25, 0.3) is 0 Å². The van der Waals surface area contributed by atoms with Gasteiger partial charge in [-0.25, -0.2) is 0 Å². The van der Waals surface area contributed by atoms with Gasteiger partial charge in [-0.05, 0) is 43.7 Å². The average Bonchev–Trinajstić information content (AvgIpc) is 2.33. The van der Waals surface area contributed by atoms with Gasteiger partial charge in [0.2, 0.25) is 0 Å². The number of aliphatic hydroxyl groups is 1. The second kappa shape index (κ2) is 4.81. The van der Waals surface area contributed by atoms with Crippen LogP contribution in [-0.4, -0.2) is 5.11 Å². The summed E-state index contributed by atoms with van der Waals surface area (Å²) in [5, 5.41) is 11.1. The maximum Gasteiger partial charge on any atom is 0.0927 e. The lowest BCUT2D eigenvalue weighted by atomic mass is 9.69. The zero-order chi connectivity index (χ0) is 12.5. The summed E-state index contributed by atoms with van der Waals surface area (Å²) in [6, 6.07) is 6.46. The molecule has 1 aromatic rings. The van der Waals surface area contributed by atoms with E-state index in [0.717, 1.165) is 19.3 Å². The van der Waals surface area contributed by atoms with Crippen LogP contribution in [0.15, 0.2) is 18.2 Å². The van der Waals surface area contributed by atoms with Crippen LogP contribution in [0.5, 0.6) is 0 Å². The van der Waals surface area contributed by atoms with Crippen molar-refractivity contribution in [2.45, 2.75) is 58.5 Å². The lowest BCUT2D eigenvalue weighted by Gasteiger charge is -2.41. The molecule has 0 heterocycles. The van der Waals surface area contributed by atoms with Crippen molar-refractivity contribution in [2.75, 3.05) is 0 Å². The molecule has 2 unspecified atom stereocenters. The van der Waals surface area contributed by atoms with E-state index >= 15 is 0 Å². The molecule has 0 radical (unpaired) electrons. The zero-order valence-electron chi connectivity index (χ0n) is 11.3. The molecule has 2 rings (SSSR count). The number of aryl methyl sites for hydroxylation is 2. The minimum Gasteiger partial charge on any atom is -0.385 e. The predicted molar refractivity (Wildman–Crippen MR) is 72.1 cm³/mol. The summed E-state index contributed by atoms with van der Waals surface area (Å²) in [5.41, 5.74) is 3.07. The highest BCUT2D eigenvalue weighted by Gasteiger charge is 2.40. The molecule has 0 aromatic heterocycles. The van der Waals surface area contributed by atoms with E-state index in [9.17, 15) is 5.11 Å². The molecule has 0 spiro atoms. The molecule has 1 aliphatic carbocycles. The smallest absolute Gasteiger partial charge is 0.0927 e. The average molecular weight is 232 g/mol. The van der Waals surface area contributed by atoms with Crippen molar-refractivity contribution >= 4 is 0 Å². The van der Waals surface area contributed by atoms with E-state index < -0.39 is 5.60 Å². The highest BCUT2D eigenvalue weighted by Crippen LogP contribution is 2.44. The van der Waals surface area contributed by atoms with E-state index in [0.29, 0.717) is 5.92 Å². The Morgan fingerprint density at radius 1 is 1.29 bits per heavy atom. The van der Waals surface area contributed by atoms with Crippen molar-refractivity contribution < 1.29 is 5.11 Å². The van der Waals surface area contributed by atoms with Gasteiger partial charge in [-0.3, -0.25) is 0 Å². The van der Waals surface area contributed by atoms with Crippen LogP contribution in [0.2, 0.25) is 0 Å². The summed E-state index contributed by atoms with van der Waals surface area (Å²) in [6.45, 7) is 6.43. The van der Waals surface area contributed by atoms with Gasteiger partial charge in [0.05, 0.1) is 5.60 Å². The summed E-state index contributed by atoms with van der Waals surface area (Å²) >= 11 is 0. The Kier molecular flexibility index (Phi) is 3.58. The summed E-state index contributed by atoms with van der Waals surface area (Å²) in [7, 11) is 0. The summed E-state index contributed by atoms with van der Waals surface area (Å²) in [6.07, 6.45) is 5.59. The van der Waals surface area contributed by atoms with E-state index in [4.69, 9.17) is 0 Å². The molecule has 1 saturated carbocycles. The Labute approximate surface area is 105 Å². The van der Waals surface area contributed by atoms with Crippen LogP contribution in [0.1, 0.15) is 55.7 Å². The van der Waals surface area contributed by atoms with E-state index in [-0.39, 0.29) is 0 Å². The van der Waals surface area contributed by atoms with Crippen LogP contribution in [0.3, 0.4) is 0 Å². The first-order valence-corrected chi connectivity index (χ1v) is 6.88. The van der Waals surface area contributed by atoms with Crippen LogP contribution in [0.25, 0.3) is 0 Å². The van der Waals surface area contributed by atoms with Crippen molar-refractivity contribution in [3.05, 3.63) is 34.9 Å². The Balaban J connectivity index is 2.44. The molecular weight excluding hydrogens is 208 g/mol. The molecule has 1 aromatic carbocycles. The van der Waals surface area contributed by atoms with E-state index in [1.54, 1.807) is 0 Å². The molecule has 2 atom stereocenters. The maximum atomic E-state index is 11.1. The Morgan fingerprint density at radius 2 is 2.06 bits per heavy atom. The van der Waals surface area contributed by atoms with Crippen molar-refractivity contribution in [3.63, 3.8) is 0 Å². The standard InChI is InChI=1S/C16H24O/c1-4-14-7-5-6-10-16(14,17)15-11-12(2)8-9-13(15)3/h8-9,11,14,17H,4-7,10H2,1-3H3. The lowest BCUT2D eigenvalue weighted by molar-refractivity contribution is -0.0562. The molecule has 0 bridgehead atoms. The zero-order valence-corrected chi connectivity index (χ0v) is 11.3. The van der Waals surface area contributed by atoms with Crippen molar-refractivity contribution in [1.82, 2.24) is 0 Å². The number of hydrogen-bond donors (Lipinski definition) is 1. The van der Waals surface area contributed by atoms with Crippen molar-refractivity contribution in [1.29, 1.82) is 0 Å². The summed E-state index contributed by atoms with van der Waals surface area (Å²) < 4.78 is 0. The van der Waals surface area contributed by atoms with Crippen LogP contribution in [-0.2, 0) is 5.60 Å². The predicted octanol–water partition coefficient (Wildman–Crippen LogP) is 4.09. The van der Waals surface area contributed by atoms with Gasteiger partial charge in [-0.2, -0.15) is 0 Å². The molecule has 1 heteroatoms. The van der Waals surface area contributed by atoms with Crippen molar-refractivity contribution in [2.24, 2.45) is 5.92 Å². The van der Waals surface area contributed by atoms with E-state index in [2.05, 4.69) is 39.0 Å². The molecule has 94 valence electrons. The van der Waals surface area contributed by atoms with Gasteiger partial charge in [0.1, 0.15) is 0 Å². The molecule has 0 amide bonds. The quantitative estimate of drug-likeness (QED) is 0.814. The summed E-state index contributed by atoms with van der Waals surface area (Å²) in [4.78, 5) is 0. The molecular formula is C16H24O. The Morgan fingerprint density at radius 3 is 2.76 bits per heavy atom. The fourth-order valence-corrected chi connectivity index (χ4v) is 3.33. The number of rotatable bonds is 2. The van der Waals surface area contributed by atoms with E-state index in [1.165, 1.54) is 29.5 Å². The van der Waals surface area contributed by atoms with Gasteiger partial charge in [-0.15, -0.1) is 0 Å². The SMILES string of the molecule is CCC1CCCCC1(O)c1cc(C)ccc1C. The fourth-order valence-electron chi connectivity index (χ4n) is 3.33. The molecule has 1 aliphatic rings. The largest absolute Gasteiger partial charge is 0.385 e. The molecule has 1 fully saturated rings. The van der Waals surface area contributed by atoms with Crippen LogP contribution >= 0.6 is 0 Å². The monoisotopic (exact) mass is 232 g/mol. The minimum absolute atomic E-state index is 0.428. The highest BCUT2D eigenvalue weighted by molar-refractivity contribution is 5.36. The van der Waals surface area contributed by atoms with Gasteiger partial charge < -0.3 is 5.11 Å². The molecule has 17 heavy (non-hydrogen) atoms. The molecule has 1 N–H and O–H groups in total. The molecule has 1 nitrogen and oxygen atoms in total. The van der Waals surface area contributed by atoms with Crippen LogP contribution < -0.4 is 0 Å². The summed E-state index contributed by atoms with van der Waals surface area (Å²) in [5.74, 6) is 0.428. The Hall–Kier alpha value is -0.820. The second-order valence-corrected chi connectivity index (χ2v) is 5.59. The van der Waals surface area contributed by atoms with E-state index in [1.807, 2.05) is 0 Å². The van der Waals surface area contributed by atoms with Crippen molar-refractivity contribution in [3.8, 4) is 0 Å². The minimum atomic E-state index is -0.580.